The van der Waals surface area contributed by atoms with Gasteiger partial charge < -0.3 is 15.4 Å². The van der Waals surface area contributed by atoms with Crippen LogP contribution in [0.15, 0.2) is 0 Å². The molecular formula is C11H20N2O2. The lowest BCUT2D eigenvalue weighted by atomic mass is 9.74. The van der Waals surface area contributed by atoms with E-state index in [1.54, 1.807) is 0 Å². The van der Waals surface area contributed by atoms with Crippen LogP contribution in [0.3, 0.4) is 0 Å². The summed E-state index contributed by atoms with van der Waals surface area (Å²) in [5.74, 6) is 0.838. The number of carbonyl (C=O) groups is 1. The molecule has 2 aliphatic heterocycles. The molecule has 1 aliphatic carbocycles. The fourth-order valence-electron chi connectivity index (χ4n) is 2.46. The van der Waals surface area contributed by atoms with Gasteiger partial charge in [-0.05, 0) is 46.1 Å². The number of carbonyl (C=O) groups excluding carboxylic acids is 1. The summed E-state index contributed by atoms with van der Waals surface area (Å²) in [5, 5.41) is 6.29. The highest BCUT2D eigenvalue weighted by Crippen LogP contribution is 2.42. The maximum absolute atomic E-state index is 11.4. The maximum atomic E-state index is 11.4. The third-order valence-electron chi connectivity index (χ3n) is 3.09. The Balaban J connectivity index is 1.72. The minimum atomic E-state index is -0.410. The molecule has 3 fully saturated rings. The number of nitrogens with one attached hydrogen (secondary N) is 2. The van der Waals surface area contributed by atoms with E-state index in [1.807, 2.05) is 20.8 Å². The molecule has 0 unspecified atom stereocenters. The first-order chi connectivity index (χ1) is 6.89. The standard InChI is InChI=1S/C11H20N2O2/c1-10(2,3)15-9(14)12-7-11-4-8(5-11)6-13-11/h8,13H,4-7H2,1-3H3,(H,12,14). The molecule has 1 amide bonds. The van der Waals surface area contributed by atoms with Crippen LogP contribution in [0.25, 0.3) is 0 Å². The summed E-state index contributed by atoms with van der Waals surface area (Å²) in [6, 6.07) is 0. The maximum Gasteiger partial charge on any atom is 0.407 e. The summed E-state index contributed by atoms with van der Waals surface area (Å²) >= 11 is 0. The Labute approximate surface area is 90.8 Å². The molecule has 86 valence electrons. The lowest BCUT2D eigenvalue weighted by Gasteiger charge is -2.37. The predicted molar refractivity (Wildman–Crippen MR) is 57.7 cm³/mol. The highest BCUT2D eigenvalue weighted by atomic mass is 16.6. The number of hydrogen-bond donors (Lipinski definition) is 2. The van der Waals surface area contributed by atoms with Crippen molar-refractivity contribution in [2.75, 3.05) is 13.1 Å². The van der Waals surface area contributed by atoms with Crippen LogP contribution in [0, 0.1) is 5.92 Å². The Bertz CT molecular complexity index is 259. The van der Waals surface area contributed by atoms with E-state index in [-0.39, 0.29) is 11.6 Å². The quantitative estimate of drug-likeness (QED) is 0.724. The first-order valence-electron chi connectivity index (χ1n) is 5.60. The van der Waals surface area contributed by atoms with Crippen LogP contribution in [0.5, 0.6) is 0 Å². The highest BCUT2D eigenvalue weighted by molar-refractivity contribution is 5.67. The van der Waals surface area contributed by atoms with Crippen LogP contribution in [0.4, 0.5) is 4.79 Å². The van der Waals surface area contributed by atoms with E-state index in [1.165, 1.54) is 12.8 Å². The molecule has 4 nitrogen and oxygen atoms in total. The van der Waals surface area contributed by atoms with Gasteiger partial charge in [0.05, 0.1) is 0 Å². The van der Waals surface area contributed by atoms with Crippen LogP contribution in [0.1, 0.15) is 33.6 Å². The summed E-state index contributed by atoms with van der Waals surface area (Å²) in [6.07, 6.45) is 2.08. The molecule has 15 heavy (non-hydrogen) atoms. The van der Waals surface area contributed by atoms with Gasteiger partial charge in [0.2, 0.25) is 0 Å². The van der Waals surface area contributed by atoms with Crippen LogP contribution in [-0.4, -0.2) is 30.3 Å². The number of amides is 1. The molecule has 1 saturated carbocycles. The van der Waals surface area contributed by atoms with E-state index < -0.39 is 5.60 Å². The highest BCUT2D eigenvalue weighted by Gasteiger charge is 2.50. The van der Waals surface area contributed by atoms with Gasteiger partial charge in [-0.3, -0.25) is 0 Å². The minimum Gasteiger partial charge on any atom is -0.444 e. The topological polar surface area (TPSA) is 50.4 Å². The van der Waals surface area contributed by atoms with Gasteiger partial charge in [0, 0.05) is 12.1 Å². The summed E-state index contributed by atoms with van der Waals surface area (Å²) in [4.78, 5) is 11.4. The monoisotopic (exact) mass is 212 g/mol. The molecule has 2 N–H and O–H groups in total. The summed E-state index contributed by atoms with van der Waals surface area (Å²) < 4.78 is 5.18. The van der Waals surface area contributed by atoms with E-state index in [0.717, 1.165) is 12.5 Å². The molecule has 3 aliphatic rings. The number of ether oxygens (including phenoxy) is 1. The van der Waals surface area contributed by atoms with Crippen molar-refractivity contribution in [2.24, 2.45) is 5.92 Å². The lowest BCUT2D eigenvalue weighted by molar-refractivity contribution is 0.0498. The molecule has 0 radical (unpaired) electrons. The van der Waals surface area contributed by atoms with Crippen molar-refractivity contribution >= 4 is 6.09 Å². The third kappa shape index (κ3) is 2.43. The molecule has 2 bridgehead atoms. The molecule has 0 aromatic carbocycles. The van der Waals surface area contributed by atoms with Crippen molar-refractivity contribution in [1.29, 1.82) is 0 Å². The van der Waals surface area contributed by atoms with Gasteiger partial charge in [0.25, 0.3) is 0 Å². The Morgan fingerprint density at radius 1 is 1.53 bits per heavy atom. The lowest BCUT2D eigenvalue weighted by Crippen LogP contribution is -2.53. The van der Waals surface area contributed by atoms with E-state index in [4.69, 9.17) is 4.74 Å². The molecular weight excluding hydrogens is 192 g/mol. The Morgan fingerprint density at radius 2 is 2.20 bits per heavy atom. The van der Waals surface area contributed by atoms with E-state index >= 15 is 0 Å². The number of alkyl carbamates (subject to hydrolysis) is 1. The first kappa shape index (κ1) is 10.7. The van der Waals surface area contributed by atoms with E-state index in [9.17, 15) is 4.79 Å². The average molecular weight is 212 g/mol. The fourth-order valence-corrected chi connectivity index (χ4v) is 2.46. The van der Waals surface area contributed by atoms with Crippen molar-refractivity contribution in [3.8, 4) is 0 Å². The molecule has 2 saturated heterocycles. The normalized spacial score (nSPS) is 33.4. The smallest absolute Gasteiger partial charge is 0.407 e. The summed E-state index contributed by atoms with van der Waals surface area (Å²) in [5.41, 5.74) is -0.228. The Hall–Kier alpha value is -0.770. The van der Waals surface area contributed by atoms with Gasteiger partial charge in [0.1, 0.15) is 5.60 Å². The molecule has 0 atom stereocenters. The second kappa shape index (κ2) is 3.37. The molecule has 3 rings (SSSR count). The molecule has 2 heterocycles. The zero-order valence-electron chi connectivity index (χ0n) is 9.72. The van der Waals surface area contributed by atoms with Gasteiger partial charge in [-0.1, -0.05) is 0 Å². The van der Waals surface area contributed by atoms with Crippen molar-refractivity contribution < 1.29 is 9.53 Å². The second-order valence-corrected chi connectivity index (χ2v) is 5.79. The van der Waals surface area contributed by atoms with Crippen molar-refractivity contribution in [1.82, 2.24) is 10.6 Å². The van der Waals surface area contributed by atoms with Crippen LogP contribution in [0.2, 0.25) is 0 Å². The average Bonchev–Trinajstić information content (AvgIpc) is 2.54. The number of rotatable bonds is 2. The first-order valence-corrected chi connectivity index (χ1v) is 5.60. The summed E-state index contributed by atoms with van der Waals surface area (Å²) in [6.45, 7) is 7.42. The van der Waals surface area contributed by atoms with E-state index in [2.05, 4.69) is 10.6 Å². The molecule has 0 aromatic heterocycles. The molecule has 0 aromatic rings. The van der Waals surface area contributed by atoms with Crippen LogP contribution < -0.4 is 10.6 Å². The van der Waals surface area contributed by atoms with Crippen molar-refractivity contribution in [2.45, 2.75) is 44.8 Å². The number of fused-ring (bicyclic) bond motifs is 1. The van der Waals surface area contributed by atoms with Crippen LogP contribution >= 0.6 is 0 Å². The van der Waals surface area contributed by atoms with Crippen molar-refractivity contribution in [3.63, 3.8) is 0 Å². The van der Waals surface area contributed by atoms with Gasteiger partial charge in [-0.25, -0.2) is 4.79 Å². The Morgan fingerprint density at radius 3 is 2.67 bits per heavy atom. The SMILES string of the molecule is CC(C)(C)OC(=O)NCC12CC(CN1)C2. The Kier molecular flexibility index (Phi) is 2.41. The van der Waals surface area contributed by atoms with Gasteiger partial charge in [-0.2, -0.15) is 0 Å². The molecule has 0 spiro atoms. The van der Waals surface area contributed by atoms with Crippen LogP contribution in [-0.2, 0) is 4.74 Å². The predicted octanol–water partition coefficient (Wildman–Crippen LogP) is 1.26. The number of hydrogen-bond acceptors (Lipinski definition) is 3. The zero-order valence-corrected chi connectivity index (χ0v) is 9.72. The summed E-state index contributed by atoms with van der Waals surface area (Å²) in [7, 11) is 0. The molecule has 4 heteroatoms. The second-order valence-electron chi connectivity index (χ2n) is 5.79. The fraction of sp³-hybridized carbons (Fsp3) is 0.909. The van der Waals surface area contributed by atoms with Gasteiger partial charge in [0.15, 0.2) is 0 Å². The minimum absolute atomic E-state index is 0.182. The van der Waals surface area contributed by atoms with E-state index in [0.29, 0.717) is 6.54 Å². The zero-order chi connectivity index (χ0) is 11.1. The van der Waals surface area contributed by atoms with Gasteiger partial charge >= 0.3 is 6.09 Å². The van der Waals surface area contributed by atoms with Gasteiger partial charge in [-0.15, -0.1) is 0 Å². The third-order valence-corrected chi connectivity index (χ3v) is 3.09. The largest absolute Gasteiger partial charge is 0.444 e. The van der Waals surface area contributed by atoms with Crippen molar-refractivity contribution in [3.05, 3.63) is 0 Å².